The Morgan fingerprint density at radius 2 is 1.94 bits per heavy atom. The van der Waals surface area contributed by atoms with Crippen molar-refractivity contribution >= 4 is 22.9 Å². The molecule has 0 aliphatic rings. The zero-order valence-electron chi connectivity index (χ0n) is 18.8. The second kappa shape index (κ2) is 8.60. The Morgan fingerprint density at radius 1 is 1.06 bits per heavy atom. The first-order valence-electron chi connectivity index (χ1n) is 10.7. The van der Waals surface area contributed by atoms with Crippen molar-refractivity contribution in [3.05, 3.63) is 108 Å². The summed E-state index contributed by atoms with van der Waals surface area (Å²) in [6.07, 6.45) is 8.88. The fourth-order valence-electron chi connectivity index (χ4n) is 3.75. The second-order valence-electron chi connectivity index (χ2n) is 8.06. The van der Waals surface area contributed by atoms with Crippen LogP contribution < -0.4 is 11.1 Å². The number of carbonyl (C=O) groups is 1. The summed E-state index contributed by atoms with van der Waals surface area (Å²) in [5, 5.41) is 3.00. The number of hydrogen-bond donors (Lipinski definition) is 2. The highest BCUT2D eigenvalue weighted by atomic mass is 16.1. The highest BCUT2D eigenvalue weighted by Gasteiger charge is 2.10. The van der Waals surface area contributed by atoms with Gasteiger partial charge in [0.1, 0.15) is 5.69 Å². The lowest BCUT2D eigenvalue weighted by atomic mass is 10.0. The van der Waals surface area contributed by atoms with E-state index in [2.05, 4.69) is 27.1 Å². The van der Waals surface area contributed by atoms with Crippen LogP contribution in [-0.2, 0) is 0 Å². The Hall–Kier alpha value is -4.83. The molecule has 0 saturated carbocycles. The number of carbonyl (C=O) groups excluding carboxylic acids is 1. The number of hydrogen-bond acceptors (Lipinski definition) is 4. The Bertz CT molecular complexity index is 1580. The number of nitrogen functional groups attached to an aromatic ring is 1. The zero-order valence-corrected chi connectivity index (χ0v) is 18.8. The third kappa shape index (κ3) is 4.12. The SMILES string of the molecule is Cc1cc(NC(=O)c2ccc(C)c(C#Cc3cnc4c(N)cccn34)c2)cc(-n2ccnc2)c1. The minimum atomic E-state index is -0.201. The van der Waals surface area contributed by atoms with Crippen LogP contribution in [-0.4, -0.2) is 24.8 Å². The molecule has 0 saturated heterocycles. The van der Waals surface area contributed by atoms with Gasteiger partial charge in [0.25, 0.3) is 5.91 Å². The number of pyridine rings is 1. The third-order valence-electron chi connectivity index (χ3n) is 5.51. The van der Waals surface area contributed by atoms with Crippen LogP contribution in [0.5, 0.6) is 0 Å². The van der Waals surface area contributed by atoms with E-state index in [0.717, 1.165) is 28.1 Å². The second-order valence-corrected chi connectivity index (χ2v) is 8.06. The normalized spacial score (nSPS) is 10.6. The topological polar surface area (TPSA) is 90.2 Å². The number of nitrogens with two attached hydrogens (primary N) is 1. The summed E-state index contributed by atoms with van der Waals surface area (Å²) < 4.78 is 3.75. The van der Waals surface area contributed by atoms with Gasteiger partial charge in [-0.15, -0.1) is 0 Å². The molecule has 1 amide bonds. The number of aryl methyl sites for hydroxylation is 2. The number of nitrogens with zero attached hydrogens (tertiary/aromatic N) is 4. The first-order valence-corrected chi connectivity index (χ1v) is 10.7. The van der Waals surface area contributed by atoms with E-state index in [1.165, 1.54) is 0 Å². The number of amides is 1. The van der Waals surface area contributed by atoms with Crippen molar-refractivity contribution in [2.45, 2.75) is 13.8 Å². The van der Waals surface area contributed by atoms with Gasteiger partial charge in [-0.25, -0.2) is 9.97 Å². The maximum Gasteiger partial charge on any atom is 0.255 e. The highest BCUT2D eigenvalue weighted by Crippen LogP contribution is 2.20. The molecule has 7 heteroatoms. The molecule has 0 unspecified atom stereocenters. The number of fused-ring (bicyclic) bond motifs is 1. The fraction of sp³-hybridized carbons (Fsp3) is 0.0741. The smallest absolute Gasteiger partial charge is 0.255 e. The van der Waals surface area contributed by atoms with Gasteiger partial charge in [0.05, 0.1) is 18.2 Å². The van der Waals surface area contributed by atoms with Crippen LogP contribution in [0.3, 0.4) is 0 Å². The van der Waals surface area contributed by atoms with Crippen molar-refractivity contribution in [1.29, 1.82) is 0 Å². The lowest BCUT2D eigenvalue weighted by Gasteiger charge is -2.10. The van der Waals surface area contributed by atoms with Gasteiger partial charge in [0, 0.05) is 41.1 Å². The lowest BCUT2D eigenvalue weighted by Crippen LogP contribution is -2.12. The van der Waals surface area contributed by atoms with E-state index in [9.17, 15) is 4.79 Å². The van der Waals surface area contributed by atoms with Crippen molar-refractivity contribution in [1.82, 2.24) is 18.9 Å². The predicted octanol–water partition coefficient (Wildman–Crippen LogP) is 4.37. The van der Waals surface area contributed by atoms with Crippen molar-refractivity contribution < 1.29 is 4.79 Å². The van der Waals surface area contributed by atoms with E-state index < -0.39 is 0 Å². The molecule has 0 atom stereocenters. The van der Waals surface area contributed by atoms with Crippen LogP contribution in [0.1, 0.15) is 32.7 Å². The summed E-state index contributed by atoms with van der Waals surface area (Å²) in [6.45, 7) is 3.96. The molecular formula is C27H22N6O. The van der Waals surface area contributed by atoms with E-state index in [1.807, 2.05) is 71.6 Å². The molecule has 0 spiro atoms. The molecule has 166 valence electrons. The quantitative estimate of drug-likeness (QED) is 0.403. The molecule has 5 aromatic rings. The van der Waals surface area contributed by atoms with Gasteiger partial charge in [0.2, 0.25) is 0 Å². The summed E-state index contributed by atoms with van der Waals surface area (Å²) in [5.74, 6) is 6.13. The summed E-state index contributed by atoms with van der Waals surface area (Å²) >= 11 is 0. The van der Waals surface area contributed by atoms with Crippen molar-refractivity contribution in [3.8, 4) is 17.5 Å². The van der Waals surface area contributed by atoms with E-state index in [1.54, 1.807) is 30.9 Å². The summed E-state index contributed by atoms with van der Waals surface area (Å²) in [4.78, 5) is 21.5. The third-order valence-corrected chi connectivity index (χ3v) is 5.51. The Labute approximate surface area is 196 Å². The number of rotatable bonds is 3. The summed E-state index contributed by atoms with van der Waals surface area (Å²) in [6, 6.07) is 15.1. The van der Waals surface area contributed by atoms with Crippen molar-refractivity contribution in [2.75, 3.05) is 11.1 Å². The van der Waals surface area contributed by atoms with Gasteiger partial charge >= 0.3 is 0 Å². The largest absolute Gasteiger partial charge is 0.396 e. The molecule has 3 aromatic heterocycles. The standard InChI is InChI=1S/C27H22N6O/c1-18-12-22(15-24(13-18)32-11-9-29-17-32)31-27(34)21-6-5-19(2)20(14-21)7-8-23-16-30-26-25(28)4-3-10-33(23)26/h3-6,9-17H,28H2,1-2H3,(H,31,34). The van der Waals surface area contributed by atoms with Crippen molar-refractivity contribution in [2.24, 2.45) is 0 Å². The molecule has 7 nitrogen and oxygen atoms in total. The Morgan fingerprint density at radius 3 is 2.76 bits per heavy atom. The zero-order chi connectivity index (χ0) is 23.7. The number of nitrogens with one attached hydrogen (secondary N) is 1. The monoisotopic (exact) mass is 446 g/mol. The molecule has 0 aliphatic carbocycles. The molecule has 0 bridgehead atoms. The van der Waals surface area contributed by atoms with Crippen LogP contribution in [0, 0.1) is 25.7 Å². The van der Waals surface area contributed by atoms with E-state index in [0.29, 0.717) is 22.6 Å². The van der Waals surface area contributed by atoms with Gasteiger partial charge in [-0.2, -0.15) is 0 Å². The average molecular weight is 447 g/mol. The number of anilines is 2. The molecule has 0 fully saturated rings. The van der Waals surface area contributed by atoms with Gasteiger partial charge in [-0.1, -0.05) is 12.0 Å². The number of benzene rings is 2. The maximum atomic E-state index is 13.0. The molecule has 3 N–H and O–H groups in total. The maximum absolute atomic E-state index is 13.0. The van der Waals surface area contributed by atoms with Crippen LogP contribution in [0.15, 0.2) is 79.6 Å². The van der Waals surface area contributed by atoms with Crippen molar-refractivity contribution in [3.63, 3.8) is 0 Å². The average Bonchev–Trinajstić information content (AvgIpc) is 3.49. The summed E-state index contributed by atoms with van der Waals surface area (Å²) in [5.41, 5.74) is 12.9. The van der Waals surface area contributed by atoms with E-state index in [-0.39, 0.29) is 5.91 Å². The Kier molecular flexibility index (Phi) is 5.32. The van der Waals surface area contributed by atoms with Gasteiger partial charge < -0.3 is 15.6 Å². The molecule has 34 heavy (non-hydrogen) atoms. The van der Waals surface area contributed by atoms with E-state index >= 15 is 0 Å². The highest BCUT2D eigenvalue weighted by molar-refractivity contribution is 6.04. The minimum absolute atomic E-state index is 0.201. The number of imidazole rings is 2. The molecular weight excluding hydrogens is 424 g/mol. The first kappa shape index (κ1) is 21.0. The predicted molar refractivity (Wildman–Crippen MR) is 133 cm³/mol. The molecule has 0 radical (unpaired) electrons. The first-order chi connectivity index (χ1) is 16.5. The van der Waals surface area contributed by atoms with Crippen LogP contribution in [0.4, 0.5) is 11.4 Å². The molecule has 5 rings (SSSR count). The van der Waals surface area contributed by atoms with Crippen LogP contribution in [0.2, 0.25) is 0 Å². The lowest BCUT2D eigenvalue weighted by molar-refractivity contribution is 0.102. The van der Waals surface area contributed by atoms with E-state index in [4.69, 9.17) is 5.73 Å². The summed E-state index contributed by atoms with van der Waals surface area (Å²) in [7, 11) is 0. The van der Waals surface area contributed by atoms with Gasteiger partial charge in [-0.3, -0.25) is 9.20 Å². The molecule has 3 heterocycles. The number of aromatic nitrogens is 4. The molecule has 0 aliphatic heterocycles. The van der Waals surface area contributed by atoms with Gasteiger partial charge in [-0.05, 0) is 73.4 Å². The van der Waals surface area contributed by atoms with Gasteiger partial charge in [0.15, 0.2) is 5.65 Å². The fourth-order valence-corrected chi connectivity index (χ4v) is 3.75. The Balaban J connectivity index is 1.42. The minimum Gasteiger partial charge on any atom is -0.396 e. The molecule has 2 aromatic carbocycles. The van der Waals surface area contributed by atoms with Crippen LogP contribution in [0.25, 0.3) is 11.3 Å². The van der Waals surface area contributed by atoms with Crippen LogP contribution >= 0.6 is 0 Å².